The fraction of sp³-hybridized carbons (Fsp3) is 0.947. The first kappa shape index (κ1) is 37.7. The van der Waals surface area contributed by atoms with Crippen molar-refractivity contribution in [3.05, 3.63) is 0 Å². The van der Waals surface area contributed by atoms with Crippen LogP contribution < -0.4 is 0 Å². The number of carbonyl (C=O) groups excluding carboxylic acids is 2. The van der Waals surface area contributed by atoms with Gasteiger partial charge in [0.25, 0.3) is 0 Å². The Kier molecular flexibility index (Phi) is 10.3. The highest BCUT2D eigenvalue weighted by Gasteiger charge is 2.68. The van der Waals surface area contributed by atoms with Gasteiger partial charge in [0.15, 0.2) is 18.4 Å². The van der Waals surface area contributed by atoms with Crippen LogP contribution in [0.5, 0.6) is 0 Å². The Morgan fingerprint density at radius 3 is 1.78 bits per heavy atom. The van der Waals surface area contributed by atoms with E-state index in [0.717, 1.165) is 51.4 Å². The van der Waals surface area contributed by atoms with Crippen molar-refractivity contribution in [2.75, 3.05) is 46.2 Å². The van der Waals surface area contributed by atoms with Gasteiger partial charge in [0.05, 0.1) is 38.4 Å². The highest BCUT2D eigenvalue weighted by molar-refractivity contribution is 5.76. The van der Waals surface area contributed by atoms with Crippen LogP contribution in [0, 0.1) is 40.4 Å². The van der Waals surface area contributed by atoms with E-state index >= 15 is 0 Å². The zero-order valence-electron chi connectivity index (χ0n) is 31.0. The van der Waals surface area contributed by atoms with Gasteiger partial charge in [0.2, 0.25) is 0 Å². The molecule has 0 aromatic heterocycles. The molecular formula is C38H58F2O11. The molecule has 8 aliphatic carbocycles. The number of hydrogen-bond acceptors (Lipinski definition) is 11. The molecule has 9 aliphatic rings. The van der Waals surface area contributed by atoms with Gasteiger partial charge in [-0.05, 0) is 116 Å². The SMILES string of the molecule is CCOC(C)OCC1(COC(C)OCC)COC2(OC1)C1CC3CC2CC(OC(=O)OC24CC5CC(CC(COC(=O)C(C)(F)F)(C5)C2)C4)(C3)C1. The van der Waals surface area contributed by atoms with Gasteiger partial charge in [-0.15, -0.1) is 0 Å². The number of alkyl halides is 2. The van der Waals surface area contributed by atoms with Gasteiger partial charge >= 0.3 is 18.0 Å². The van der Waals surface area contributed by atoms with Crippen molar-refractivity contribution < 1.29 is 61.0 Å². The first-order valence-electron chi connectivity index (χ1n) is 19.3. The van der Waals surface area contributed by atoms with E-state index in [1.165, 1.54) is 0 Å². The van der Waals surface area contributed by atoms with Crippen LogP contribution in [0.15, 0.2) is 0 Å². The van der Waals surface area contributed by atoms with E-state index in [1.54, 1.807) is 0 Å². The van der Waals surface area contributed by atoms with Crippen LogP contribution in [-0.4, -0.2) is 93.9 Å². The summed E-state index contributed by atoms with van der Waals surface area (Å²) in [6.45, 7) is 10.7. The minimum atomic E-state index is -3.54. The molecule has 1 aliphatic heterocycles. The standard InChI is InChI=1S/C38H58F2O11/c1-6-43-24(3)45-20-35(21-46-25(4)44-7-2)22-48-38(49-23-35)29-9-26-10-30(38)17-36(13-26,16-29)50-32(42)51-37-14-27-8-28(15-37)12-34(11-27,18-37)19-47-31(41)33(5,39)40/h24-30H,6-23H2,1-5H3. The van der Waals surface area contributed by atoms with Crippen LogP contribution in [0.3, 0.4) is 0 Å². The smallest absolute Gasteiger partial charge is 0.461 e. The lowest BCUT2D eigenvalue weighted by molar-refractivity contribution is -0.400. The third-order valence-electron chi connectivity index (χ3n) is 13.1. The summed E-state index contributed by atoms with van der Waals surface area (Å²) in [5.41, 5.74) is -2.37. The van der Waals surface area contributed by atoms with Crippen LogP contribution in [0.1, 0.15) is 105 Å². The average molecular weight is 729 g/mol. The molecule has 9 rings (SSSR count). The lowest BCUT2D eigenvalue weighted by Crippen LogP contribution is -2.69. The molecule has 8 bridgehead atoms. The van der Waals surface area contributed by atoms with Crippen molar-refractivity contribution in [2.24, 2.45) is 40.4 Å². The van der Waals surface area contributed by atoms with E-state index < -0.39 is 45.9 Å². The fourth-order valence-electron chi connectivity index (χ4n) is 11.8. The summed E-state index contributed by atoms with van der Waals surface area (Å²) in [7, 11) is 0. The zero-order valence-corrected chi connectivity index (χ0v) is 31.0. The second kappa shape index (κ2) is 13.9. The first-order chi connectivity index (χ1) is 24.1. The molecule has 11 nitrogen and oxygen atoms in total. The van der Waals surface area contributed by atoms with E-state index in [0.29, 0.717) is 83.6 Å². The summed E-state index contributed by atoms with van der Waals surface area (Å²) in [5, 5.41) is 0. The molecule has 9 fully saturated rings. The molecule has 0 aromatic carbocycles. The van der Waals surface area contributed by atoms with E-state index in [9.17, 15) is 18.4 Å². The van der Waals surface area contributed by atoms with Gasteiger partial charge in [-0.25, -0.2) is 9.59 Å². The van der Waals surface area contributed by atoms with Crippen molar-refractivity contribution in [3.8, 4) is 0 Å². The van der Waals surface area contributed by atoms with Crippen molar-refractivity contribution in [1.29, 1.82) is 0 Å². The minimum absolute atomic E-state index is 0.0651. The van der Waals surface area contributed by atoms with Gasteiger partial charge in [0, 0.05) is 37.4 Å². The maximum absolute atomic E-state index is 13.8. The van der Waals surface area contributed by atoms with Crippen molar-refractivity contribution in [1.82, 2.24) is 0 Å². The molecule has 8 saturated carbocycles. The second-order valence-corrected chi connectivity index (χ2v) is 17.6. The normalized spacial score (nSPS) is 43.3. The summed E-state index contributed by atoms with van der Waals surface area (Å²) in [6, 6.07) is 0. The lowest BCUT2D eigenvalue weighted by Gasteiger charge is -2.65. The Morgan fingerprint density at radius 2 is 1.25 bits per heavy atom. The summed E-state index contributed by atoms with van der Waals surface area (Å²) in [4.78, 5) is 25.7. The summed E-state index contributed by atoms with van der Waals surface area (Å²) in [5.74, 6) is -4.67. The maximum Gasteiger partial charge on any atom is 0.509 e. The summed E-state index contributed by atoms with van der Waals surface area (Å²) < 4.78 is 82.2. The Balaban J connectivity index is 0.993. The van der Waals surface area contributed by atoms with E-state index in [1.807, 2.05) is 27.7 Å². The fourth-order valence-corrected chi connectivity index (χ4v) is 11.8. The van der Waals surface area contributed by atoms with Crippen molar-refractivity contribution in [2.45, 2.75) is 141 Å². The minimum Gasteiger partial charge on any atom is -0.461 e. The quantitative estimate of drug-likeness (QED) is 0.131. The molecule has 13 heteroatoms. The Morgan fingerprint density at radius 1 is 0.725 bits per heavy atom. The molecule has 0 amide bonds. The van der Waals surface area contributed by atoms with Gasteiger partial charge in [-0.1, -0.05) is 0 Å². The number of halogens is 2. The zero-order chi connectivity index (χ0) is 36.3. The molecule has 51 heavy (non-hydrogen) atoms. The molecule has 0 N–H and O–H groups in total. The number of carbonyl (C=O) groups is 2. The lowest BCUT2D eigenvalue weighted by atomic mass is 9.48. The highest BCUT2D eigenvalue weighted by Crippen LogP contribution is 2.65. The largest absolute Gasteiger partial charge is 0.509 e. The molecule has 290 valence electrons. The van der Waals surface area contributed by atoms with Crippen LogP contribution in [-0.2, 0) is 47.4 Å². The summed E-state index contributed by atoms with van der Waals surface area (Å²) in [6.07, 6.45) is 7.14. The molecule has 0 aromatic rings. The molecular weight excluding hydrogens is 670 g/mol. The Hall–Kier alpha value is -1.64. The molecule has 6 atom stereocenters. The van der Waals surface area contributed by atoms with Gasteiger partial charge in [-0.2, -0.15) is 8.78 Å². The maximum atomic E-state index is 13.8. The van der Waals surface area contributed by atoms with Crippen LogP contribution in [0.4, 0.5) is 13.6 Å². The summed E-state index contributed by atoms with van der Waals surface area (Å²) >= 11 is 0. The molecule has 1 spiro atoms. The number of rotatable bonds is 15. The molecule has 1 saturated heterocycles. The van der Waals surface area contributed by atoms with Crippen LogP contribution in [0.25, 0.3) is 0 Å². The predicted molar refractivity (Wildman–Crippen MR) is 176 cm³/mol. The number of hydrogen-bond donors (Lipinski definition) is 0. The van der Waals surface area contributed by atoms with E-state index in [-0.39, 0.29) is 31.0 Å². The number of esters is 1. The van der Waals surface area contributed by atoms with E-state index in [4.69, 9.17) is 42.6 Å². The van der Waals surface area contributed by atoms with E-state index in [2.05, 4.69) is 0 Å². The highest BCUT2D eigenvalue weighted by atomic mass is 19.3. The average Bonchev–Trinajstić information content (AvgIpc) is 3.03. The van der Waals surface area contributed by atoms with Gasteiger partial charge < -0.3 is 42.6 Å². The van der Waals surface area contributed by atoms with Crippen LogP contribution in [0.2, 0.25) is 0 Å². The first-order valence-corrected chi connectivity index (χ1v) is 19.3. The Labute approximate surface area is 300 Å². The van der Waals surface area contributed by atoms with Crippen LogP contribution >= 0.6 is 0 Å². The molecule has 6 unspecified atom stereocenters. The third-order valence-corrected chi connectivity index (χ3v) is 13.1. The molecule has 1 heterocycles. The Bertz CT molecular complexity index is 1230. The molecule has 0 radical (unpaired) electrons. The predicted octanol–water partition coefficient (Wildman–Crippen LogP) is 6.78. The second-order valence-electron chi connectivity index (χ2n) is 17.6. The van der Waals surface area contributed by atoms with Gasteiger partial charge in [0.1, 0.15) is 11.2 Å². The monoisotopic (exact) mass is 728 g/mol. The van der Waals surface area contributed by atoms with Crippen molar-refractivity contribution in [3.63, 3.8) is 0 Å². The topological polar surface area (TPSA) is 117 Å². The third kappa shape index (κ3) is 7.55. The number of ether oxygens (including phenoxy) is 9. The van der Waals surface area contributed by atoms with Gasteiger partial charge in [-0.3, -0.25) is 0 Å². The van der Waals surface area contributed by atoms with Crippen molar-refractivity contribution >= 4 is 12.1 Å².